The number of carbonyl (C=O) groups is 2. The van der Waals surface area contributed by atoms with Gasteiger partial charge in [0, 0.05) is 7.11 Å². The van der Waals surface area contributed by atoms with Crippen molar-refractivity contribution in [3.05, 3.63) is 35.4 Å². The SMILES string of the molecule is CO[C@@H]1[C@H]2OC(C)(C)O[C@H]2O[C@H]1CON1C(=O)c2ccccc2C1=O. The number of carbonyl (C=O) groups excluding carboxylic acids is 2. The maximum atomic E-state index is 12.3. The summed E-state index contributed by atoms with van der Waals surface area (Å²) in [6.45, 7) is 3.56. The van der Waals surface area contributed by atoms with Gasteiger partial charge < -0.3 is 18.9 Å². The van der Waals surface area contributed by atoms with Crippen molar-refractivity contribution in [2.24, 2.45) is 0 Å². The van der Waals surface area contributed by atoms with E-state index in [1.807, 2.05) is 0 Å². The van der Waals surface area contributed by atoms with Crippen molar-refractivity contribution in [1.29, 1.82) is 0 Å². The molecule has 0 aliphatic carbocycles. The molecule has 8 heteroatoms. The minimum atomic E-state index is -0.750. The molecule has 0 spiro atoms. The van der Waals surface area contributed by atoms with Gasteiger partial charge in [-0.3, -0.25) is 14.4 Å². The monoisotopic (exact) mass is 349 g/mol. The molecule has 25 heavy (non-hydrogen) atoms. The Morgan fingerprint density at radius 3 is 2.36 bits per heavy atom. The number of fused-ring (bicyclic) bond motifs is 2. The highest BCUT2D eigenvalue weighted by Crippen LogP contribution is 2.38. The van der Waals surface area contributed by atoms with Crippen LogP contribution in [-0.4, -0.2) is 61.0 Å². The Balaban J connectivity index is 1.43. The van der Waals surface area contributed by atoms with Crippen LogP contribution >= 0.6 is 0 Å². The van der Waals surface area contributed by atoms with Crippen LogP contribution in [0.15, 0.2) is 24.3 Å². The van der Waals surface area contributed by atoms with Crippen LogP contribution in [0, 0.1) is 0 Å². The Hall–Kier alpha value is -1.84. The molecule has 2 saturated heterocycles. The van der Waals surface area contributed by atoms with Crippen molar-refractivity contribution in [3.63, 3.8) is 0 Å². The Bertz CT molecular complexity index is 684. The number of hydroxylamine groups is 2. The summed E-state index contributed by atoms with van der Waals surface area (Å²) in [5, 5.41) is 0.764. The zero-order valence-electron chi connectivity index (χ0n) is 14.1. The van der Waals surface area contributed by atoms with E-state index in [2.05, 4.69) is 0 Å². The Morgan fingerprint density at radius 1 is 1.12 bits per heavy atom. The van der Waals surface area contributed by atoms with E-state index in [0.29, 0.717) is 11.1 Å². The fourth-order valence-electron chi connectivity index (χ4n) is 3.40. The third kappa shape index (κ3) is 2.66. The van der Waals surface area contributed by atoms with Gasteiger partial charge in [0.05, 0.1) is 11.1 Å². The summed E-state index contributed by atoms with van der Waals surface area (Å²) in [6, 6.07) is 6.59. The molecule has 3 heterocycles. The van der Waals surface area contributed by atoms with E-state index in [-0.39, 0.29) is 6.61 Å². The molecule has 2 amide bonds. The second-order valence-corrected chi connectivity index (χ2v) is 6.59. The summed E-state index contributed by atoms with van der Waals surface area (Å²) in [5.41, 5.74) is 0.654. The van der Waals surface area contributed by atoms with E-state index in [0.717, 1.165) is 5.06 Å². The molecule has 0 saturated carbocycles. The van der Waals surface area contributed by atoms with Crippen LogP contribution in [0.5, 0.6) is 0 Å². The highest BCUT2D eigenvalue weighted by atomic mass is 16.8. The standard InChI is InChI=1S/C17H19NO7/c1-17(2)24-13-12(21-3)11(23-16(13)25-17)8-22-18-14(19)9-6-4-5-7-10(9)15(18)20/h4-7,11-13,16H,8H2,1-3H3/t11-,12-,13+,16+/m0/s1. The van der Waals surface area contributed by atoms with E-state index in [9.17, 15) is 9.59 Å². The van der Waals surface area contributed by atoms with Crippen LogP contribution in [0.2, 0.25) is 0 Å². The maximum absolute atomic E-state index is 12.3. The quantitative estimate of drug-likeness (QED) is 0.753. The molecule has 0 aromatic heterocycles. The normalized spacial score (nSPS) is 33.0. The van der Waals surface area contributed by atoms with Gasteiger partial charge in [-0.25, -0.2) is 0 Å². The lowest BCUT2D eigenvalue weighted by Crippen LogP contribution is -2.41. The molecule has 1 aromatic rings. The van der Waals surface area contributed by atoms with Crippen LogP contribution in [0.3, 0.4) is 0 Å². The number of imide groups is 1. The van der Waals surface area contributed by atoms with Gasteiger partial charge in [-0.1, -0.05) is 12.1 Å². The van der Waals surface area contributed by atoms with E-state index in [1.165, 1.54) is 0 Å². The smallest absolute Gasteiger partial charge is 0.285 e. The first-order valence-electron chi connectivity index (χ1n) is 8.06. The van der Waals surface area contributed by atoms with Crippen LogP contribution < -0.4 is 0 Å². The predicted octanol–water partition coefficient (Wildman–Crippen LogP) is 1.11. The third-order valence-corrected chi connectivity index (χ3v) is 4.48. The van der Waals surface area contributed by atoms with Gasteiger partial charge in [0.15, 0.2) is 12.1 Å². The van der Waals surface area contributed by atoms with Gasteiger partial charge in [0.1, 0.15) is 24.9 Å². The molecular weight excluding hydrogens is 330 g/mol. The summed E-state index contributed by atoms with van der Waals surface area (Å²) in [5.74, 6) is -1.72. The molecule has 0 N–H and O–H groups in total. The van der Waals surface area contributed by atoms with E-state index < -0.39 is 42.2 Å². The molecule has 3 aliphatic heterocycles. The number of benzene rings is 1. The van der Waals surface area contributed by atoms with Crippen molar-refractivity contribution in [1.82, 2.24) is 5.06 Å². The van der Waals surface area contributed by atoms with Crippen LogP contribution in [-0.2, 0) is 23.8 Å². The van der Waals surface area contributed by atoms with Crippen molar-refractivity contribution in [2.75, 3.05) is 13.7 Å². The first-order chi connectivity index (χ1) is 11.9. The first kappa shape index (κ1) is 16.6. The number of methoxy groups -OCH3 is 1. The van der Waals surface area contributed by atoms with Gasteiger partial charge >= 0.3 is 0 Å². The molecule has 1 aromatic carbocycles. The number of hydrogen-bond acceptors (Lipinski definition) is 7. The summed E-state index contributed by atoms with van der Waals surface area (Å²) < 4.78 is 22.7. The molecule has 134 valence electrons. The molecule has 0 bridgehead atoms. The number of hydrogen-bond donors (Lipinski definition) is 0. The fraction of sp³-hybridized carbons (Fsp3) is 0.529. The van der Waals surface area contributed by atoms with Gasteiger partial charge in [0.2, 0.25) is 0 Å². The lowest BCUT2D eigenvalue weighted by Gasteiger charge is -2.25. The average molecular weight is 349 g/mol. The van der Waals surface area contributed by atoms with E-state index in [1.54, 1.807) is 45.2 Å². The lowest BCUT2D eigenvalue weighted by molar-refractivity contribution is -0.229. The van der Waals surface area contributed by atoms with Crippen LogP contribution in [0.25, 0.3) is 0 Å². The first-order valence-corrected chi connectivity index (χ1v) is 8.06. The molecule has 4 rings (SSSR count). The number of rotatable bonds is 4. The van der Waals surface area contributed by atoms with E-state index >= 15 is 0 Å². The maximum Gasteiger partial charge on any atom is 0.285 e. The van der Waals surface area contributed by atoms with Crippen LogP contribution in [0.4, 0.5) is 0 Å². The molecule has 0 radical (unpaired) electrons. The number of nitrogens with zero attached hydrogens (tertiary/aromatic N) is 1. The minimum absolute atomic E-state index is 0.0376. The van der Waals surface area contributed by atoms with Gasteiger partial charge in [0.25, 0.3) is 11.8 Å². The van der Waals surface area contributed by atoms with Crippen molar-refractivity contribution < 1.29 is 33.4 Å². The largest absolute Gasteiger partial charge is 0.376 e. The highest BCUT2D eigenvalue weighted by Gasteiger charge is 2.55. The Kier molecular flexibility index (Phi) is 3.89. The van der Waals surface area contributed by atoms with Crippen molar-refractivity contribution >= 4 is 11.8 Å². The fourth-order valence-corrected chi connectivity index (χ4v) is 3.40. The second kappa shape index (κ2) is 5.86. The Labute approximate surface area is 144 Å². The lowest BCUT2D eigenvalue weighted by atomic mass is 10.1. The highest BCUT2D eigenvalue weighted by molar-refractivity contribution is 6.20. The van der Waals surface area contributed by atoms with Crippen molar-refractivity contribution in [3.8, 4) is 0 Å². The zero-order valence-corrected chi connectivity index (χ0v) is 14.1. The molecule has 8 nitrogen and oxygen atoms in total. The molecule has 3 aliphatic rings. The average Bonchev–Trinajstić information content (AvgIpc) is 3.13. The van der Waals surface area contributed by atoms with E-state index in [4.69, 9.17) is 23.8 Å². The third-order valence-electron chi connectivity index (χ3n) is 4.48. The second-order valence-electron chi connectivity index (χ2n) is 6.59. The minimum Gasteiger partial charge on any atom is -0.376 e. The van der Waals surface area contributed by atoms with Gasteiger partial charge in [-0.2, -0.15) is 0 Å². The molecule has 2 fully saturated rings. The zero-order chi connectivity index (χ0) is 17.8. The van der Waals surface area contributed by atoms with Crippen LogP contribution in [0.1, 0.15) is 34.6 Å². The molecular formula is C17H19NO7. The van der Waals surface area contributed by atoms with Crippen molar-refractivity contribution in [2.45, 2.75) is 44.2 Å². The Morgan fingerprint density at radius 2 is 1.76 bits per heavy atom. The van der Waals surface area contributed by atoms with Gasteiger partial charge in [-0.05, 0) is 26.0 Å². The summed E-state index contributed by atoms with van der Waals surface area (Å²) >= 11 is 0. The van der Waals surface area contributed by atoms with Gasteiger partial charge in [-0.15, -0.1) is 5.06 Å². The summed E-state index contributed by atoms with van der Waals surface area (Å²) in [6.07, 6.45) is -1.92. The molecule has 4 atom stereocenters. The predicted molar refractivity (Wildman–Crippen MR) is 82.4 cm³/mol. The topological polar surface area (TPSA) is 83.5 Å². The number of amides is 2. The number of ether oxygens (including phenoxy) is 4. The summed E-state index contributed by atoms with van der Waals surface area (Å²) in [4.78, 5) is 30.1. The summed E-state index contributed by atoms with van der Waals surface area (Å²) in [7, 11) is 1.54. The molecule has 0 unspecified atom stereocenters.